The molecule has 1 aliphatic heterocycles. The highest BCUT2D eigenvalue weighted by Gasteiger charge is 2.21. The summed E-state index contributed by atoms with van der Waals surface area (Å²) in [5, 5.41) is 12.4. The number of aliphatic hydroxyl groups excluding tert-OH is 1. The number of nitrogens with two attached hydrogens (primary N) is 1. The first-order valence-corrected chi connectivity index (χ1v) is 10.1. The van der Waals surface area contributed by atoms with Crippen molar-refractivity contribution in [1.82, 2.24) is 24.4 Å². The number of aliphatic hydroxyl groups is 1. The lowest BCUT2D eigenvalue weighted by molar-refractivity contribution is 0.100. The number of benzene rings is 1. The lowest BCUT2D eigenvalue weighted by Crippen LogP contribution is -2.47. The molecule has 158 valence electrons. The molecule has 10 nitrogen and oxygen atoms in total. The van der Waals surface area contributed by atoms with Crippen molar-refractivity contribution in [3.8, 4) is 0 Å². The van der Waals surface area contributed by atoms with Crippen LogP contribution in [0, 0.1) is 0 Å². The summed E-state index contributed by atoms with van der Waals surface area (Å²) in [6, 6.07) is 6.99. The van der Waals surface area contributed by atoms with Gasteiger partial charge >= 0.3 is 0 Å². The number of imidazole rings is 1. The Morgan fingerprint density at radius 2 is 2.03 bits per heavy atom. The van der Waals surface area contributed by atoms with E-state index in [1.165, 1.54) is 0 Å². The second-order valence-electron chi connectivity index (χ2n) is 7.20. The molecule has 0 unspecified atom stereocenters. The zero-order valence-electron chi connectivity index (χ0n) is 17.0. The summed E-state index contributed by atoms with van der Waals surface area (Å²) in [6.07, 6.45) is 1.76. The second-order valence-corrected chi connectivity index (χ2v) is 7.20. The fourth-order valence-electron chi connectivity index (χ4n) is 3.59. The SMILES string of the molecule is CCn1cnc2c(Nc3cccc(C(N)=O)c3)nc(N3CCN(CCO)CC3)nc21. The van der Waals surface area contributed by atoms with Crippen molar-refractivity contribution in [2.75, 3.05) is 49.5 Å². The average Bonchev–Trinajstić information content (AvgIpc) is 3.18. The number of carbonyl (C=O) groups excluding carboxylic acids is 1. The van der Waals surface area contributed by atoms with Crippen LogP contribution in [0.2, 0.25) is 0 Å². The molecule has 0 aliphatic carbocycles. The van der Waals surface area contributed by atoms with Crippen LogP contribution in [0.25, 0.3) is 11.2 Å². The van der Waals surface area contributed by atoms with E-state index in [1.54, 1.807) is 24.5 Å². The van der Waals surface area contributed by atoms with Gasteiger partial charge in [0.15, 0.2) is 17.0 Å². The summed E-state index contributed by atoms with van der Waals surface area (Å²) in [6.45, 7) is 6.88. The number of piperazine rings is 1. The van der Waals surface area contributed by atoms with Gasteiger partial charge in [-0.2, -0.15) is 9.97 Å². The standard InChI is InChI=1S/C20H26N8O2/c1-2-27-13-22-16-18(23-15-5-3-4-14(12-15)17(21)30)24-20(25-19(16)27)28-8-6-26(7-9-28)10-11-29/h3-5,12-13,29H,2,6-11H2,1H3,(H2,21,30)(H,23,24,25). The van der Waals surface area contributed by atoms with Gasteiger partial charge in [-0.05, 0) is 25.1 Å². The Labute approximate surface area is 174 Å². The fraction of sp³-hybridized carbons (Fsp3) is 0.400. The summed E-state index contributed by atoms with van der Waals surface area (Å²) in [4.78, 5) is 29.9. The molecule has 2 aromatic heterocycles. The highest BCUT2D eigenvalue weighted by molar-refractivity contribution is 5.94. The average molecular weight is 410 g/mol. The predicted molar refractivity (Wildman–Crippen MR) is 115 cm³/mol. The van der Waals surface area contributed by atoms with Gasteiger partial charge in [0, 0.05) is 50.5 Å². The number of primary amides is 1. The number of hydrogen-bond donors (Lipinski definition) is 3. The van der Waals surface area contributed by atoms with Crippen LogP contribution in [0.3, 0.4) is 0 Å². The van der Waals surface area contributed by atoms with Gasteiger partial charge in [0.25, 0.3) is 0 Å². The van der Waals surface area contributed by atoms with Gasteiger partial charge in [-0.25, -0.2) is 4.98 Å². The quantitative estimate of drug-likeness (QED) is 0.522. The smallest absolute Gasteiger partial charge is 0.248 e. The molecule has 1 aromatic carbocycles. The molecule has 30 heavy (non-hydrogen) atoms. The number of aromatic nitrogens is 4. The van der Waals surface area contributed by atoms with Crippen molar-refractivity contribution >= 4 is 34.5 Å². The summed E-state index contributed by atoms with van der Waals surface area (Å²) >= 11 is 0. The molecule has 1 saturated heterocycles. The van der Waals surface area contributed by atoms with Crippen molar-refractivity contribution < 1.29 is 9.90 Å². The molecule has 4 N–H and O–H groups in total. The summed E-state index contributed by atoms with van der Waals surface area (Å²) in [5.41, 5.74) is 7.96. The van der Waals surface area contributed by atoms with Gasteiger partial charge in [0.05, 0.1) is 12.9 Å². The second kappa shape index (κ2) is 8.64. The number of hydrogen-bond acceptors (Lipinski definition) is 8. The number of nitrogens with zero attached hydrogens (tertiary/aromatic N) is 6. The largest absolute Gasteiger partial charge is 0.395 e. The Kier molecular flexibility index (Phi) is 5.77. The van der Waals surface area contributed by atoms with Crippen molar-refractivity contribution in [1.29, 1.82) is 0 Å². The maximum absolute atomic E-state index is 11.5. The van der Waals surface area contributed by atoms with Crippen molar-refractivity contribution in [3.63, 3.8) is 0 Å². The number of nitrogens with one attached hydrogen (secondary N) is 1. The molecule has 3 heterocycles. The molecule has 10 heteroatoms. The minimum atomic E-state index is -0.483. The van der Waals surface area contributed by atoms with Crippen LogP contribution in [0.1, 0.15) is 17.3 Å². The maximum atomic E-state index is 11.5. The van der Waals surface area contributed by atoms with Gasteiger partial charge < -0.3 is 25.6 Å². The lowest BCUT2D eigenvalue weighted by Gasteiger charge is -2.34. The third kappa shape index (κ3) is 4.05. The Bertz CT molecular complexity index is 1040. The minimum absolute atomic E-state index is 0.163. The Morgan fingerprint density at radius 3 is 2.73 bits per heavy atom. The zero-order chi connectivity index (χ0) is 21.1. The lowest BCUT2D eigenvalue weighted by atomic mass is 10.2. The van der Waals surface area contributed by atoms with Crippen LogP contribution in [0.5, 0.6) is 0 Å². The molecule has 0 saturated carbocycles. The number of carbonyl (C=O) groups is 1. The zero-order valence-corrected chi connectivity index (χ0v) is 17.0. The van der Waals surface area contributed by atoms with Gasteiger partial charge in [0.2, 0.25) is 11.9 Å². The monoisotopic (exact) mass is 410 g/mol. The topological polar surface area (TPSA) is 125 Å². The van der Waals surface area contributed by atoms with Gasteiger partial charge in [-0.1, -0.05) is 6.07 Å². The van der Waals surface area contributed by atoms with Crippen LogP contribution in [0.15, 0.2) is 30.6 Å². The molecule has 0 bridgehead atoms. The van der Waals surface area contributed by atoms with Crippen molar-refractivity contribution in [3.05, 3.63) is 36.2 Å². The van der Waals surface area contributed by atoms with E-state index in [9.17, 15) is 4.79 Å². The summed E-state index contributed by atoms with van der Waals surface area (Å²) in [5.74, 6) is 0.736. The van der Waals surface area contributed by atoms with Gasteiger partial charge in [-0.3, -0.25) is 9.69 Å². The highest BCUT2D eigenvalue weighted by atomic mass is 16.3. The Hall–Kier alpha value is -3.24. The molecule has 0 spiro atoms. The molecule has 0 radical (unpaired) electrons. The molecule has 3 aromatic rings. The summed E-state index contributed by atoms with van der Waals surface area (Å²) in [7, 11) is 0. The van der Waals surface area contributed by atoms with Crippen LogP contribution in [0.4, 0.5) is 17.5 Å². The van der Waals surface area contributed by atoms with E-state index >= 15 is 0 Å². The molecule has 4 rings (SSSR count). The summed E-state index contributed by atoms with van der Waals surface area (Å²) < 4.78 is 1.98. The fourth-order valence-corrected chi connectivity index (χ4v) is 3.59. The molecule has 0 atom stereocenters. The number of fused-ring (bicyclic) bond motifs is 1. The first kappa shape index (κ1) is 20.0. The van der Waals surface area contributed by atoms with E-state index in [4.69, 9.17) is 20.8 Å². The number of amides is 1. The van der Waals surface area contributed by atoms with Crippen molar-refractivity contribution in [2.24, 2.45) is 5.73 Å². The minimum Gasteiger partial charge on any atom is -0.395 e. The van der Waals surface area contributed by atoms with E-state index < -0.39 is 5.91 Å². The normalized spacial score (nSPS) is 14.9. The van der Waals surface area contributed by atoms with Gasteiger partial charge in [0.1, 0.15) is 0 Å². The number of β-amino-alcohol motifs (C(OH)–C–C–N with tert-alkyl or cyclic N) is 1. The number of aryl methyl sites for hydroxylation is 1. The molecule has 1 fully saturated rings. The Balaban J connectivity index is 1.68. The van der Waals surface area contributed by atoms with E-state index in [1.807, 2.05) is 17.6 Å². The maximum Gasteiger partial charge on any atom is 0.248 e. The van der Waals surface area contributed by atoms with E-state index in [-0.39, 0.29) is 6.61 Å². The third-order valence-corrected chi connectivity index (χ3v) is 5.27. The van der Waals surface area contributed by atoms with Crippen LogP contribution in [-0.4, -0.2) is 74.8 Å². The Morgan fingerprint density at radius 1 is 1.23 bits per heavy atom. The molecule has 1 aliphatic rings. The van der Waals surface area contributed by atoms with Crippen molar-refractivity contribution in [2.45, 2.75) is 13.5 Å². The first-order chi connectivity index (χ1) is 14.6. The number of rotatable bonds is 7. The van der Waals surface area contributed by atoms with Crippen LogP contribution in [-0.2, 0) is 6.54 Å². The highest BCUT2D eigenvalue weighted by Crippen LogP contribution is 2.26. The van der Waals surface area contributed by atoms with Crippen LogP contribution < -0.4 is 16.0 Å². The predicted octanol–water partition coefficient (Wildman–Crippen LogP) is 0.803. The van der Waals surface area contributed by atoms with E-state index in [2.05, 4.69) is 20.1 Å². The molecular weight excluding hydrogens is 384 g/mol. The van der Waals surface area contributed by atoms with E-state index in [0.717, 1.165) is 38.4 Å². The van der Waals surface area contributed by atoms with Gasteiger partial charge in [-0.15, -0.1) is 0 Å². The molecule has 1 amide bonds. The molecular formula is C20H26N8O2. The van der Waals surface area contributed by atoms with Crippen LogP contribution >= 0.6 is 0 Å². The van der Waals surface area contributed by atoms with E-state index in [0.29, 0.717) is 35.1 Å². The number of anilines is 3. The third-order valence-electron chi connectivity index (χ3n) is 5.27. The first-order valence-electron chi connectivity index (χ1n) is 10.1.